The molecule has 1 N–H and O–H groups in total. The van der Waals surface area contributed by atoms with Crippen LogP contribution in [0.5, 0.6) is 0 Å². The molecule has 1 aromatic carbocycles. The van der Waals surface area contributed by atoms with Crippen LogP contribution < -0.4 is 5.32 Å². The quantitative estimate of drug-likeness (QED) is 0.868. The van der Waals surface area contributed by atoms with Crippen LogP contribution in [0.1, 0.15) is 49.3 Å². The molecule has 2 aliphatic rings. The van der Waals surface area contributed by atoms with Gasteiger partial charge in [-0.1, -0.05) is 29.8 Å². The number of hydrogen-bond acceptors (Lipinski definition) is 3. The van der Waals surface area contributed by atoms with E-state index in [4.69, 9.17) is 0 Å². The Bertz CT molecular complexity index is 703. The Morgan fingerprint density at radius 3 is 2.67 bits per heavy atom. The molecule has 1 aliphatic carbocycles. The maximum atomic E-state index is 12.7. The average molecular weight is 325 g/mol. The molecule has 0 spiro atoms. The molecular formula is C19H23N3O2. The summed E-state index contributed by atoms with van der Waals surface area (Å²) < 4.78 is 0. The second-order valence-electron chi connectivity index (χ2n) is 7.00. The maximum Gasteiger partial charge on any atom is 0.236 e. The van der Waals surface area contributed by atoms with Crippen molar-refractivity contribution in [3.63, 3.8) is 0 Å². The predicted octanol–water partition coefficient (Wildman–Crippen LogP) is 2.47. The van der Waals surface area contributed by atoms with Gasteiger partial charge in [0.05, 0.1) is 12.1 Å². The fourth-order valence-electron chi connectivity index (χ4n) is 3.66. The van der Waals surface area contributed by atoms with Gasteiger partial charge in [0.1, 0.15) is 11.5 Å². The maximum absolute atomic E-state index is 12.7. The number of carbonyl (C=O) groups excluding carboxylic acids is 2. The highest BCUT2D eigenvalue weighted by Crippen LogP contribution is 2.38. The van der Waals surface area contributed by atoms with E-state index in [2.05, 4.69) is 17.5 Å². The molecule has 5 heteroatoms. The first kappa shape index (κ1) is 16.5. The smallest absolute Gasteiger partial charge is 0.236 e. The number of piperidine rings is 1. The summed E-state index contributed by atoms with van der Waals surface area (Å²) in [6, 6.07) is 10.3. The van der Waals surface area contributed by atoms with Crippen LogP contribution in [0, 0.1) is 24.2 Å². The highest BCUT2D eigenvalue weighted by atomic mass is 16.2. The Balaban J connectivity index is 1.69. The lowest BCUT2D eigenvalue weighted by Gasteiger charge is -2.44. The summed E-state index contributed by atoms with van der Waals surface area (Å²) in [4.78, 5) is 26.7. The molecule has 1 saturated heterocycles. The zero-order valence-corrected chi connectivity index (χ0v) is 14.2. The van der Waals surface area contributed by atoms with E-state index in [1.165, 1.54) is 4.90 Å². The summed E-state index contributed by atoms with van der Waals surface area (Å²) in [5.41, 5.74) is 1.53. The third kappa shape index (κ3) is 2.77. The number of aryl methyl sites for hydroxylation is 1. The lowest BCUT2D eigenvalue weighted by Crippen LogP contribution is -2.57. The minimum atomic E-state index is -0.704. The minimum absolute atomic E-state index is 0.0413. The van der Waals surface area contributed by atoms with Crippen molar-refractivity contribution in [1.29, 1.82) is 5.26 Å². The number of nitriles is 1. The predicted molar refractivity (Wildman–Crippen MR) is 89.8 cm³/mol. The Labute approximate surface area is 142 Å². The van der Waals surface area contributed by atoms with Crippen molar-refractivity contribution in [2.75, 3.05) is 7.05 Å². The summed E-state index contributed by atoms with van der Waals surface area (Å²) in [7, 11) is 1.66. The van der Waals surface area contributed by atoms with E-state index in [0.29, 0.717) is 19.3 Å². The van der Waals surface area contributed by atoms with Crippen LogP contribution >= 0.6 is 0 Å². The van der Waals surface area contributed by atoms with Crippen LogP contribution in [-0.4, -0.2) is 29.3 Å². The number of rotatable bonds is 3. The van der Waals surface area contributed by atoms with Crippen LogP contribution in [0.15, 0.2) is 24.3 Å². The number of hydrogen-bond donors (Lipinski definition) is 1. The molecule has 24 heavy (non-hydrogen) atoms. The number of nitrogens with zero attached hydrogens (tertiary/aromatic N) is 2. The van der Waals surface area contributed by atoms with Gasteiger partial charge in [-0.3, -0.25) is 9.59 Å². The largest absolute Gasteiger partial charge is 0.349 e. The summed E-state index contributed by atoms with van der Waals surface area (Å²) in [6.07, 6.45) is 3.61. The monoisotopic (exact) mass is 325 g/mol. The molecular weight excluding hydrogens is 302 g/mol. The highest BCUT2D eigenvalue weighted by molar-refractivity contribution is 6.01. The van der Waals surface area contributed by atoms with Crippen molar-refractivity contribution >= 4 is 11.8 Å². The Hall–Kier alpha value is -2.35. The molecule has 0 bridgehead atoms. The van der Waals surface area contributed by atoms with E-state index in [1.807, 2.05) is 25.1 Å². The van der Waals surface area contributed by atoms with Crippen molar-refractivity contribution < 1.29 is 9.59 Å². The third-order valence-electron chi connectivity index (χ3n) is 5.48. The molecule has 2 atom stereocenters. The van der Waals surface area contributed by atoms with Crippen LogP contribution in [0.2, 0.25) is 0 Å². The van der Waals surface area contributed by atoms with Crippen molar-refractivity contribution in [2.24, 2.45) is 5.92 Å². The molecule has 126 valence electrons. The van der Waals surface area contributed by atoms with Crippen LogP contribution in [0.25, 0.3) is 0 Å². The molecule has 2 fully saturated rings. The van der Waals surface area contributed by atoms with Crippen LogP contribution in [-0.2, 0) is 9.59 Å². The summed E-state index contributed by atoms with van der Waals surface area (Å²) in [5, 5.41) is 12.4. The van der Waals surface area contributed by atoms with Gasteiger partial charge in [0, 0.05) is 7.05 Å². The molecule has 5 nitrogen and oxygen atoms in total. The first-order valence-corrected chi connectivity index (χ1v) is 8.53. The fraction of sp³-hybridized carbons (Fsp3) is 0.526. The van der Waals surface area contributed by atoms with Gasteiger partial charge in [-0.05, 0) is 44.6 Å². The SMILES string of the molecule is Cc1cccc(C2CCC(C(=O)N(C)C3(C#N)CCC3)C(=O)N2)c1. The number of benzene rings is 1. The second kappa shape index (κ2) is 6.27. The molecule has 0 radical (unpaired) electrons. The molecule has 0 aromatic heterocycles. The molecule has 1 saturated carbocycles. The molecule has 2 unspecified atom stereocenters. The zero-order valence-electron chi connectivity index (χ0n) is 14.2. The molecule has 3 rings (SSSR count). The number of carbonyl (C=O) groups is 2. The van der Waals surface area contributed by atoms with Gasteiger partial charge in [0.25, 0.3) is 0 Å². The summed E-state index contributed by atoms with van der Waals surface area (Å²) >= 11 is 0. The topological polar surface area (TPSA) is 73.2 Å². The second-order valence-corrected chi connectivity index (χ2v) is 7.00. The number of nitrogens with one attached hydrogen (secondary N) is 1. The van der Waals surface area contributed by atoms with Gasteiger partial charge in [-0.15, -0.1) is 0 Å². The van der Waals surface area contributed by atoms with E-state index < -0.39 is 11.5 Å². The average Bonchev–Trinajstić information content (AvgIpc) is 2.53. The minimum Gasteiger partial charge on any atom is -0.349 e. The van der Waals surface area contributed by atoms with Crippen LogP contribution in [0.3, 0.4) is 0 Å². The van der Waals surface area contributed by atoms with Gasteiger partial charge in [0.15, 0.2) is 0 Å². The molecule has 1 heterocycles. The third-order valence-corrected chi connectivity index (χ3v) is 5.48. The van der Waals surface area contributed by atoms with Crippen molar-refractivity contribution in [1.82, 2.24) is 10.2 Å². The normalized spacial score (nSPS) is 25.1. The first-order valence-electron chi connectivity index (χ1n) is 8.53. The fourth-order valence-corrected chi connectivity index (χ4v) is 3.66. The van der Waals surface area contributed by atoms with Crippen molar-refractivity contribution in [2.45, 2.75) is 50.6 Å². The lowest BCUT2D eigenvalue weighted by atomic mass is 9.76. The van der Waals surface area contributed by atoms with Gasteiger partial charge in [-0.25, -0.2) is 0 Å². The van der Waals surface area contributed by atoms with Crippen molar-refractivity contribution in [3.05, 3.63) is 35.4 Å². The summed E-state index contributed by atoms with van der Waals surface area (Å²) in [5.74, 6) is -1.13. The zero-order chi connectivity index (χ0) is 17.3. The van der Waals surface area contributed by atoms with Gasteiger partial charge in [0.2, 0.25) is 11.8 Å². The van der Waals surface area contributed by atoms with E-state index >= 15 is 0 Å². The Kier molecular flexibility index (Phi) is 4.31. The molecule has 1 aromatic rings. The van der Waals surface area contributed by atoms with E-state index in [9.17, 15) is 14.9 Å². The van der Waals surface area contributed by atoms with E-state index in [1.54, 1.807) is 7.05 Å². The van der Waals surface area contributed by atoms with E-state index in [-0.39, 0.29) is 17.9 Å². The van der Waals surface area contributed by atoms with Gasteiger partial charge in [-0.2, -0.15) is 5.26 Å². The summed E-state index contributed by atoms with van der Waals surface area (Å²) in [6.45, 7) is 2.02. The van der Waals surface area contributed by atoms with Gasteiger partial charge < -0.3 is 10.2 Å². The van der Waals surface area contributed by atoms with Crippen LogP contribution in [0.4, 0.5) is 0 Å². The standard InChI is InChI=1S/C19H23N3O2/c1-13-5-3-6-14(11-13)16-8-7-15(17(23)21-16)18(24)22(2)19(12-20)9-4-10-19/h3,5-6,11,15-16H,4,7-10H2,1-2H3,(H,21,23). The highest BCUT2D eigenvalue weighted by Gasteiger charge is 2.46. The van der Waals surface area contributed by atoms with Gasteiger partial charge >= 0.3 is 0 Å². The lowest BCUT2D eigenvalue weighted by molar-refractivity contribution is -0.148. The Morgan fingerprint density at radius 1 is 1.38 bits per heavy atom. The van der Waals surface area contributed by atoms with E-state index in [0.717, 1.165) is 24.0 Å². The number of amides is 2. The van der Waals surface area contributed by atoms with Crippen molar-refractivity contribution in [3.8, 4) is 6.07 Å². The Morgan fingerprint density at radius 2 is 2.12 bits per heavy atom. The first-order chi connectivity index (χ1) is 11.5. The molecule has 1 aliphatic heterocycles. The molecule has 2 amide bonds.